The molecule has 2 atom stereocenters. The van der Waals surface area contributed by atoms with Crippen LogP contribution in [0.4, 0.5) is 0 Å². The second-order valence-electron chi connectivity index (χ2n) is 5.02. The van der Waals surface area contributed by atoms with E-state index in [2.05, 4.69) is 10.3 Å². The van der Waals surface area contributed by atoms with Gasteiger partial charge in [-0.05, 0) is 24.6 Å². The average molecular weight is 330 g/mol. The molecule has 2 aromatic rings. The molecule has 120 valence electrons. The molecule has 0 spiro atoms. The van der Waals surface area contributed by atoms with Crippen molar-refractivity contribution in [2.75, 3.05) is 0 Å². The van der Waals surface area contributed by atoms with Crippen LogP contribution in [0.3, 0.4) is 0 Å². The van der Waals surface area contributed by atoms with Crippen LogP contribution in [0.1, 0.15) is 12.5 Å². The van der Waals surface area contributed by atoms with Crippen LogP contribution < -0.4 is 5.32 Å². The highest BCUT2D eigenvalue weighted by Crippen LogP contribution is 2.20. The van der Waals surface area contributed by atoms with Crippen LogP contribution >= 0.6 is 11.8 Å². The summed E-state index contributed by atoms with van der Waals surface area (Å²) in [5.41, 5.74) is 0.866. The van der Waals surface area contributed by atoms with E-state index in [0.29, 0.717) is 0 Å². The molecule has 1 aromatic heterocycles. The van der Waals surface area contributed by atoms with Gasteiger partial charge in [0.25, 0.3) is 0 Å². The first-order valence-electron chi connectivity index (χ1n) is 7.21. The maximum Gasteiger partial charge on any atom is 0.326 e. The number of hydrogen-bond acceptors (Lipinski definition) is 4. The lowest BCUT2D eigenvalue weighted by Gasteiger charge is -2.17. The number of hydrogen-bond donors (Lipinski definition) is 2. The number of nitrogens with zero attached hydrogens (tertiary/aromatic N) is 1. The summed E-state index contributed by atoms with van der Waals surface area (Å²) in [4.78, 5) is 27.8. The number of carboxylic acids is 1. The van der Waals surface area contributed by atoms with E-state index < -0.39 is 17.3 Å². The zero-order valence-corrected chi connectivity index (χ0v) is 13.5. The molecule has 1 aromatic carbocycles. The zero-order valence-electron chi connectivity index (χ0n) is 12.7. The van der Waals surface area contributed by atoms with Crippen LogP contribution in [-0.4, -0.2) is 33.3 Å². The summed E-state index contributed by atoms with van der Waals surface area (Å²) in [6.07, 6.45) is 1.91. The van der Waals surface area contributed by atoms with Gasteiger partial charge in [0.05, 0.1) is 10.3 Å². The fraction of sp³-hybridized carbons (Fsp3) is 0.235. The molecule has 0 aliphatic rings. The number of carbonyl (C=O) groups excluding carboxylic acids is 1. The lowest BCUT2D eigenvalue weighted by molar-refractivity contribution is -0.141. The first-order valence-corrected chi connectivity index (χ1v) is 8.09. The van der Waals surface area contributed by atoms with Crippen LogP contribution in [0.25, 0.3) is 0 Å². The van der Waals surface area contributed by atoms with Gasteiger partial charge in [-0.3, -0.25) is 4.79 Å². The van der Waals surface area contributed by atoms with Crippen LogP contribution in [0, 0.1) is 0 Å². The van der Waals surface area contributed by atoms with Crippen LogP contribution in [0.5, 0.6) is 0 Å². The summed E-state index contributed by atoms with van der Waals surface area (Å²) in [5, 5.41) is 12.2. The lowest BCUT2D eigenvalue weighted by Crippen LogP contribution is -2.45. The lowest BCUT2D eigenvalue weighted by atomic mass is 10.1. The summed E-state index contributed by atoms with van der Waals surface area (Å²) in [7, 11) is 0. The van der Waals surface area contributed by atoms with E-state index in [0.717, 1.165) is 10.6 Å². The molecule has 2 rings (SSSR count). The van der Waals surface area contributed by atoms with E-state index in [9.17, 15) is 14.7 Å². The third-order valence-corrected chi connectivity index (χ3v) is 4.25. The van der Waals surface area contributed by atoms with Gasteiger partial charge in [0.2, 0.25) is 5.91 Å². The number of amides is 1. The molecule has 0 aliphatic heterocycles. The largest absolute Gasteiger partial charge is 0.480 e. The van der Waals surface area contributed by atoms with Gasteiger partial charge in [0.1, 0.15) is 6.04 Å². The quantitative estimate of drug-likeness (QED) is 0.762. The third kappa shape index (κ3) is 5.41. The molecule has 0 saturated heterocycles. The van der Waals surface area contributed by atoms with Crippen LogP contribution in [0.2, 0.25) is 0 Å². The SMILES string of the molecule is CC(Sc1ccccn1)C(=O)NC(Cc1ccccc1)C(=O)O. The third-order valence-electron chi connectivity index (χ3n) is 3.20. The van der Waals surface area contributed by atoms with Gasteiger partial charge in [0.15, 0.2) is 0 Å². The highest BCUT2D eigenvalue weighted by atomic mass is 32.2. The molecular formula is C17H18N2O3S. The molecule has 1 amide bonds. The number of carbonyl (C=O) groups is 2. The van der Waals surface area contributed by atoms with E-state index >= 15 is 0 Å². The Hall–Kier alpha value is -2.34. The Kier molecular flexibility index (Phi) is 6.17. The van der Waals surface area contributed by atoms with E-state index in [-0.39, 0.29) is 12.3 Å². The molecule has 0 saturated carbocycles. The van der Waals surface area contributed by atoms with Crippen LogP contribution in [-0.2, 0) is 16.0 Å². The van der Waals surface area contributed by atoms with Gasteiger partial charge in [-0.1, -0.05) is 48.2 Å². The molecule has 23 heavy (non-hydrogen) atoms. The fourth-order valence-corrected chi connectivity index (χ4v) is 2.81. The van der Waals surface area contributed by atoms with E-state index in [1.807, 2.05) is 42.5 Å². The predicted octanol–water partition coefficient (Wildman–Crippen LogP) is 2.37. The number of benzene rings is 1. The van der Waals surface area contributed by atoms with Crippen molar-refractivity contribution in [2.24, 2.45) is 0 Å². The van der Waals surface area contributed by atoms with Crippen molar-refractivity contribution in [1.82, 2.24) is 10.3 Å². The molecule has 5 nitrogen and oxygen atoms in total. The van der Waals surface area contributed by atoms with Crippen molar-refractivity contribution in [2.45, 2.75) is 29.7 Å². The van der Waals surface area contributed by atoms with Gasteiger partial charge < -0.3 is 10.4 Å². The van der Waals surface area contributed by atoms with E-state index in [1.165, 1.54) is 11.8 Å². The molecule has 0 fully saturated rings. The predicted molar refractivity (Wildman–Crippen MR) is 89.3 cm³/mol. The summed E-state index contributed by atoms with van der Waals surface area (Å²) in [6, 6.07) is 13.7. The van der Waals surface area contributed by atoms with E-state index in [1.54, 1.807) is 19.2 Å². The molecule has 0 aliphatic carbocycles. The maximum absolute atomic E-state index is 12.2. The first kappa shape index (κ1) is 17.0. The van der Waals surface area contributed by atoms with Crippen molar-refractivity contribution in [1.29, 1.82) is 0 Å². The Morgan fingerprint density at radius 3 is 2.48 bits per heavy atom. The van der Waals surface area contributed by atoms with Crippen molar-refractivity contribution < 1.29 is 14.7 Å². The number of thioether (sulfide) groups is 1. The summed E-state index contributed by atoms with van der Waals surface area (Å²) < 4.78 is 0. The molecule has 0 radical (unpaired) electrons. The van der Waals surface area contributed by atoms with Crippen LogP contribution in [0.15, 0.2) is 59.8 Å². The topological polar surface area (TPSA) is 79.3 Å². The molecular weight excluding hydrogens is 312 g/mol. The van der Waals surface area contributed by atoms with Gasteiger partial charge in [-0.25, -0.2) is 9.78 Å². The summed E-state index contributed by atoms with van der Waals surface area (Å²) in [5.74, 6) is -1.36. The minimum Gasteiger partial charge on any atom is -0.480 e. The summed E-state index contributed by atoms with van der Waals surface area (Å²) in [6.45, 7) is 1.73. The monoisotopic (exact) mass is 330 g/mol. The average Bonchev–Trinajstić information content (AvgIpc) is 2.56. The second-order valence-corrected chi connectivity index (χ2v) is 6.38. The van der Waals surface area contributed by atoms with Gasteiger partial charge in [-0.15, -0.1) is 0 Å². The molecule has 1 heterocycles. The Morgan fingerprint density at radius 2 is 1.87 bits per heavy atom. The minimum absolute atomic E-state index is 0.253. The molecule has 2 unspecified atom stereocenters. The Morgan fingerprint density at radius 1 is 1.17 bits per heavy atom. The fourth-order valence-electron chi connectivity index (χ4n) is 1.99. The first-order chi connectivity index (χ1) is 11.1. The highest BCUT2D eigenvalue weighted by molar-refractivity contribution is 8.00. The molecule has 2 N–H and O–H groups in total. The Bertz CT molecular complexity index is 649. The molecule has 0 bridgehead atoms. The number of aromatic nitrogens is 1. The van der Waals surface area contributed by atoms with Gasteiger partial charge >= 0.3 is 5.97 Å². The van der Waals surface area contributed by atoms with Gasteiger partial charge in [-0.2, -0.15) is 0 Å². The van der Waals surface area contributed by atoms with Crippen molar-refractivity contribution in [3.8, 4) is 0 Å². The Labute approximate surface area is 139 Å². The number of pyridine rings is 1. The highest BCUT2D eigenvalue weighted by Gasteiger charge is 2.24. The van der Waals surface area contributed by atoms with Crippen molar-refractivity contribution >= 4 is 23.6 Å². The number of carboxylic acid groups (broad SMARTS) is 1. The Balaban J connectivity index is 1.96. The second kappa shape index (κ2) is 8.33. The van der Waals surface area contributed by atoms with E-state index in [4.69, 9.17) is 0 Å². The summed E-state index contributed by atoms with van der Waals surface area (Å²) >= 11 is 1.30. The minimum atomic E-state index is -1.04. The zero-order chi connectivity index (χ0) is 16.7. The standard InChI is InChI=1S/C17H18N2O3S/c1-12(23-15-9-5-6-10-18-15)16(20)19-14(17(21)22)11-13-7-3-2-4-8-13/h2-10,12,14H,11H2,1H3,(H,19,20)(H,21,22). The number of rotatable bonds is 7. The smallest absolute Gasteiger partial charge is 0.326 e. The number of aliphatic carboxylic acids is 1. The normalized spacial score (nSPS) is 13.1. The van der Waals surface area contributed by atoms with Crippen molar-refractivity contribution in [3.05, 3.63) is 60.3 Å². The van der Waals surface area contributed by atoms with Crippen molar-refractivity contribution in [3.63, 3.8) is 0 Å². The number of nitrogens with one attached hydrogen (secondary N) is 1. The van der Waals surface area contributed by atoms with Gasteiger partial charge in [0, 0.05) is 12.6 Å². The maximum atomic E-state index is 12.2. The molecule has 6 heteroatoms.